The maximum absolute atomic E-state index is 12.8. The number of amides is 1. The Morgan fingerprint density at radius 3 is 2.50 bits per heavy atom. The van der Waals surface area contributed by atoms with Crippen molar-refractivity contribution in [3.8, 4) is 11.5 Å². The SMILES string of the molecule is COCCOCOc1ccc(/C=C/C(=O)N2CCN(CCn3cnc4c3c(=O)n(C)c(=O)n4C)CC2)cc1OC. The fourth-order valence-electron chi connectivity index (χ4n) is 4.49. The molecular weight excluding hydrogens is 520 g/mol. The highest BCUT2D eigenvalue weighted by Gasteiger charge is 2.20. The zero-order valence-corrected chi connectivity index (χ0v) is 23.4. The van der Waals surface area contributed by atoms with Crippen LogP contribution in [0.5, 0.6) is 11.5 Å². The van der Waals surface area contributed by atoms with E-state index in [0.717, 1.165) is 23.2 Å². The number of imidazole rings is 1. The first-order valence-corrected chi connectivity index (χ1v) is 13.0. The van der Waals surface area contributed by atoms with Crippen LogP contribution < -0.4 is 20.7 Å². The lowest BCUT2D eigenvalue weighted by Gasteiger charge is -2.34. The molecule has 4 rings (SSSR count). The lowest BCUT2D eigenvalue weighted by molar-refractivity contribution is -0.127. The number of piperazine rings is 1. The molecule has 13 nitrogen and oxygen atoms in total. The summed E-state index contributed by atoms with van der Waals surface area (Å²) < 4.78 is 25.5. The lowest BCUT2D eigenvalue weighted by Crippen LogP contribution is -2.49. The molecule has 0 spiro atoms. The van der Waals surface area contributed by atoms with Crippen LogP contribution in [0.25, 0.3) is 17.2 Å². The average Bonchev–Trinajstić information content (AvgIpc) is 3.41. The van der Waals surface area contributed by atoms with Crippen LogP contribution in [0.15, 0.2) is 40.2 Å². The zero-order chi connectivity index (χ0) is 28.6. The summed E-state index contributed by atoms with van der Waals surface area (Å²) in [5, 5.41) is 0. The molecule has 2 aromatic heterocycles. The number of ether oxygens (including phenoxy) is 4. The molecule has 3 heterocycles. The summed E-state index contributed by atoms with van der Waals surface area (Å²) in [6.07, 6.45) is 4.92. The number of aromatic nitrogens is 4. The second-order valence-corrected chi connectivity index (χ2v) is 9.39. The van der Waals surface area contributed by atoms with Crippen LogP contribution in [0.1, 0.15) is 5.56 Å². The van der Waals surface area contributed by atoms with Crippen molar-refractivity contribution < 1.29 is 23.7 Å². The van der Waals surface area contributed by atoms with Gasteiger partial charge in [0, 0.05) is 66.5 Å². The smallest absolute Gasteiger partial charge is 0.332 e. The Morgan fingerprint density at radius 2 is 1.77 bits per heavy atom. The number of hydrogen-bond donors (Lipinski definition) is 0. The molecule has 0 N–H and O–H groups in total. The van der Waals surface area contributed by atoms with E-state index < -0.39 is 5.69 Å². The first-order valence-electron chi connectivity index (χ1n) is 13.0. The van der Waals surface area contributed by atoms with E-state index in [1.807, 2.05) is 11.0 Å². The largest absolute Gasteiger partial charge is 0.493 e. The van der Waals surface area contributed by atoms with E-state index in [2.05, 4.69) is 9.88 Å². The first kappa shape index (κ1) is 29.1. The highest BCUT2D eigenvalue weighted by molar-refractivity contribution is 5.92. The number of benzene rings is 1. The summed E-state index contributed by atoms with van der Waals surface area (Å²) in [4.78, 5) is 45.9. The lowest BCUT2D eigenvalue weighted by atomic mass is 10.2. The van der Waals surface area contributed by atoms with Crippen LogP contribution in [0.4, 0.5) is 0 Å². The Morgan fingerprint density at radius 1 is 1.00 bits per heavy atom. The van der Waals surface area contributed by atoms with Crippen LogP contribution in [-0.4, -0.2) is 101 Å². The molecule has 1 saturated heterocycles. The van der Waals surface area contributed by atoms with Crippen molar-refractivity contribution in [1.29, 1.82) is 0 Å². The summed E-state index contributed by atoms with van der Waals surface area (Å²) in [5.74, 6) is 1.03. The summed E-state index contributed by atoms with van der Waals surface area (Å²) in [7, 11) is 6.24. The van der Waals surface area contributed by atoms with Crippen molar-refractivity contribution in [2.75, 3.05) is 67.0 Å². The van der Waals surface area contributed by atoms with E-state index in [-0.39, 0.29) is 18.3 Å². The quantitative estimate of drug-likeness (QED) is 0.176. The second kappa shape index (κ2) is 13.4. The Labute approximate surface area is 231 Å². The Bertz CT molecular complexity index is 1470. The van der Waals surface area contributed by atoms with E-state index in [9.17, 15) is 14.4 Å². The maximum atomic E-state index is 12.8. The third-order valence-electron chi connectivity index (χ3n) is 6.89. The predicted molar refractivity (Wildman–Crippen MR) is 149 cm³/mol. The average molecular weight is 557 g/mol. The van der Waals surface area contributed by atoms with Crippen molar-refractivity contribution in [3.63, 3.8) is 0 Å². The minimum Gasteiger partial charge on any atom is -0.493 e. The molecular formula is C27H36N6O7. The van der Waals surface area contributed by atoms with Gasteiger partial charge in [0.2, 0.25) is 5.91 Å². The zero-order valence-electron chi connectivity index (χ0n) is 23.4. The van der Waals surface area contributed by atoms with E-state index >= 15 is 0 Å². The third kappa shape index (κ3) is 6.61. The summed E-state index contributed by atoms with van der Waals surface area (Å²) in [6, 6.07) is 5.43. The Kier molecular flexibility index (Phi) is 9.74. The molecule has 0 atom stereocenters. The van der Waals surface area contributed by atoms with Gasteiger partial charge < -0.3 is 28.4 Å². The first-order chi connectivity index (χ1) is 19.3. The number of carbonyl (C=O) groups excluding carboxylic acids is 1. The number of rotatable bonds is 12. The molecule has 13 heteroatoms. The molecule has 0 bridgehead atoms. The van der Waals surface area contributed by atoms with Crippen LogP contribution in [0.2, 0.25) is 0 Å². The number of nitrogens with zero attached hydrogens (tertiary/aromatic N) is 6. The van der Waals surface area contributed by atoms with Gasteiger partial charge >= 0.3 is 5.69 Å². The molecule has 0 aliphatic carbocycles. The second-order valence-electron chi connectivity index (χ2n) is 9.39. The molecule has 0 radical (unpaired) electrons. The summed E-state index contributed by atoms with van der Waals surface area (Å²) in [5.41, 5.74) is 0.844. The van der Waals surface area contributed by atoms with Crippen LogP contribution in [0.3, 0.4) is 0 Å². The Hall–Kier alpha value is -3.94. The maximum Gasteiger partial charge on any atom is 0.332 e. The molecule has 40 heavy (non-hydrogen) atoms. The van der Waals surface area contributed by atoms with Gasteiger partial charge in [0.25, 0.3) is 5.56 Å². The van der Waals surface area contributed by atoms with Gasteiger partial charge in [0.05, 0.1) is 26.7 Å². The van der Waals surface area contributed by atoms with Crippen molar-refractivity contribution in [2.24, 2.45) is 14.1 Å². The molecule has 1 aliphatic heterocycles. The normalized spacial score (nSPS) is 14.3. The monoisotopic (exact) mass is 556 g/mol. The Balaban J connectivity index is 1.27. The summed E-state index contributed by atoms with van der Waals surface area (Å²) >= 11 is 0. The van der Waals surface area contributed by atoms with Gasteiger partial charge in [-0.3, -0.25) is 23.6 Å². The fraction of sp³-hybridized carbons (Fsp3) is 0.481. The minimum absolute atomic E-state index is 0.0597. The topological polar surface area (TPSA) is 122 Å². The van der Waals surface area contributed by atoms with E-state index in [4.69, 9.17) is 18.9 Å². The summed E-state index contributed by atoms with van der Waals surface area (Å²) in [6.45, 7) is 4.89. The van der Waals surface area contributed by atoms with Gasteiger partial charge in [-0.15, -0.1) is 0 Å². The number of hydrogen-bond acceptors (Lipinski definition) is 9. The van der Waals surface area contributed by atoms with Gasteiger partial charge in [-0.2, -0.15) is 0 Å². The molecule has 1 fully saturated rings. The molecule has 0 saturated carbocycles. The van der Waals surface area contributed by atoms with Crippen molar-refractivity contribution in [1.82, 2.24) is 28.5 Å². The number of methoxy groups -OCH3 is 2. The van der Waals surface area contributed by atoms with Gasteiger partial charge in [-0.1, -0.05) is 6.07 Å². The van der Waals surface area contributed by atoms with Gasteiger partial charge in [0.1, 0.15) is 0 Å². The van der Waals surface area contributed by atoms with Crippen LogP contribution >= 0.6 is 0 Å². The van der Waals surface area contributed by atoms with E-state index in [1.54, 1.807) is 56.4 Å². The van der Waals surface area contributed by atoms with E-state index in [0.29, 0.717) is 62.1 Å². The van der Waals surface area contributed by atoms with Crippen molar-refractivity contribution in [3.05, 3.63) is 57.0 Å². The van der Waals surface area contributed by atoms with Crippen molar-refractivity contribution in [2.45, 2.75) is 6.54 Å². The van der Waals surface area contributed by atoms with E-state index in [1.165, 1.54) is 11.6 Å². The standard InChI is InChI=1S/C27H36N6O7/c1-29-25-24(26(35)30(2)27(29)36)33(18-28-25)14-11-31-9-12-32(13-10-31)23(34)8-6-20-5-7-21(22(17-20)38-4)40-19-39-16-15-37-3/h5-8,17-18H,9-16,19H2,1-4H3/b8-6+. The van der Waals surface area contributed by atoms with Gasteiger partial charge in [-0.05, 0) is 23.8 Å². The van der Waals surface area contributed by atoms with Gasteiger partial charge in [-0.25, -0.2) is 9.78 Å². The number of carbonyl (C=O) groups is 1. The third-order valence-corrected chi connectivity index (χ3v) is 6.89. The molecule has 1 aliphatic rings. The molecule has 1 aromatic carbocycles. The molecule has 1 amide bonds. The number of fused-ring (bicyclic) bond motifs is 1. The molecule has 3 aromatic rings. The van der Waals surface area contributed by atoms with Gasteiger partial charge in [0.15, 0.2) is 29.5 Å². The van der Waals surface area contributed by atoms with Crippen molar-refractivity contribution >= 4 is 23.1 Å². The highest BCUT2D eigenvalue weighted by Crippen LogP contribution is 2.28. The highest BCUT2D eigenvalue weighted by atomic mass is 16.7. The fourth-order valence-corrected chi connectivity index (χ4v) is 4.49. The van der Waals surface area contributed by atoms with Crippen LogP contribution in [-0.2, 0) is 34.9 Å². The minimum atomic E-state index is -0.401. The number of aryl methyl sites for hydroxylation is 1. The molecule has 216 valence electrons. The van der Waals surface area contributed by atoms with Crippen LogP contribution in [0, 0.1) is 0 Å². The molecule has 0 unspecified atom stereocenters. The predicted octanol–water partition coefficient (Wildman–Crippen LogP) is 0.299.